The molecule has 0 saturated heterocycles. The third kappa shape index (κ3) is 4.12. The lowest BCUT2D eigenvalue weighted by molar-refractivity contribution is 0.240. The van der Waals surface area contributed by atoms with Crippen LogP contribution in [0.5, 0.6) is 0 Å². The van der Waals surface area contributed by atoms with E-state index < -0.39 is 0 Å². The second-order valence-electron chi connectivity index (χ2n) is 4.75. The minimum Gasteiger partial charge on any atom is -0.336 e. The van der Waals surface area contributed by atoms with Crippen molar-refractivity contribution in [3.05, 3.63) is 53.3 Å². The van der Waals surface area contributed by atoms with Gasteiger partial charge in [0.15, 0.2) is 0 Å². The van der Waals surface area contributed by atoms with E-state index in [2.05, 4.69) is 15.7 Å². The van der Waals surface area contributed by atoms with Crippen molar-refractivity contribution in [2.24, 2.45) is 0 Å². The Hall–Kier alpha value is -2.30. The molecule has 0 fully saturated rings. The highest BCUT2D eigenvalue weighted by Gasteiger charge is 2.02. The maximum atomic E-state index is 11.6. The average molecular weight is 272 g/mol. The molecule has 2 aromatic rings. The highest BCUT2D eigenvalue weighted by Crippen LogP contribution is 2.00. The van der Waals surface area contributed by atoms with Crippen LogP contribution in [-0.4, -0.2) is 22.4 Å². The van der Waals surface area contributed by atoms with Gasteiger partial charge in [-0.15, -0.1) is 0 Å². The van der Waals surface area contributed by atoms with Gasteiger partial charge in [-0.25, -0.2) is 4.79 Å². The number of nitrogens with zero attached hydrogens (tertiary/aromatic N) is 2. The van der Waals surface area contributed by atoms with E-state index >= 15 is 0 Å². The highest BCUT2D eigenvalue weighted by molar-refractivity contribution is 5.73. The first-order valence-corrected chi connectivity index (χ1v) is 6.72. The molecule has 2 N–H and O–H groups in total. The molecule has 0 saturated carbocycles. The Morgan fingerprint density at radius 3 is 2.60 bits per heavy atom. The number of urea groups is 1. The summed E-state index contributed by atoms with van der Waals surface area (Å²) in [6.45, 7) is 5.74. The summed E-state index contributed by atoms with van der Waals surface area (Å²) < 4.78 is 1.90. The Labute approximate surface area is 119 Å². The lowest BCUT2D eigenvalue weighted by Crippen LogP contribution is -2.37. The van der Waals surface area contributed by atoms with Crippen molar-refractivity contribution in [1.82, 2.24) is 20.4 Å². The number of hydrogen-bond donors (Lipinski definition) is 2. The number of carbonyl (C=O) groups is 1. The second kappa shape index (κ2) is 6.75. The summed E-state index contributed by atoms with van der Waals surface area (Å²) in [7, 11) is 0. The van der Waals surface area contributed by atoms with Crippen molar-refractivity contribution in [2.45, 2.75) is 26.9 Å². The molecule has 2 rings (SSSR count). The summed E-state index contributed by atoms with van der Waals surface area (Å²) in [5, 5.41) is 10.00. The smallest absolute Gasteiger partial charge is 0.315 e. The maximum Gasteiger partial charge on any atom is 0.315 e. The molecule has 0 aliphatic carbocycles. The summed E-state index contributed by atoms with van der Waals surface area (Å²) in [6.07, 6.45) is 0. The van der Waals surface area contributed by atoms with Gasteiger partial charge >= 0.3 is 6.03 Å². The second-order valence-corrected chi connectivity index (χ2v) is 4.75. The van der Waals surface area contributed by atoms with Crippen molar-refractivity contribution < 1.29 is 4.79 Å². The zero-order valence-electron chi connectivity index (χ0n) is 11.9. The van der Waals surface area contributed by atoms with Crippen LogP contribution in [0.2, 0.25) is 0 Å². The number of amides is 2. The summed E-state index contributed by atoms with van der Waals surface area (Å²) >= 11 is 0. The minimum atomic E-state index is -0.157. The molecule has 20 heavy (non-hydrogen) atoms. The van der Waals surface area contributed by atoms with Crippen LogP contribution in [0.25, 0.3) is 0 Å². The number of nitrogens with one attached hydrogen (secondary N) is 2. The van der Waals surface area contributed by atoms with Gasteiger partial charge in [0.1, 0.15) is 0 Å². The van der Waals surface area contributed by atoms with E-state index in [0.717, 1.165) is 17.0 Å². The maximum absolute atomic E-state index is 11.6. The number of aryl methyl sites for hydroxylation is 2. The fourth-order valence-corrected chi connectivity index (χ4v) is 2.02. The van der Waals surface area contributed by atoms with Crippen molar-refractivity contribution in [1.29, 1.82) is 0 Å². The van der Waals surface area contributed by atoms with Gasteiger partial charge in [0, 0.05) is 18.8 Å². The molecule has 0 atom stereocenters. The van der Waals surface area contributed by atoms with Crippen LogP contribution in [0.4, 0.5) is 4.79 Å². The third-order valence-electron chi connectivity index (χ3n) is 3.01. The van der Waals surface area contributed by atoms with E-state index in [1.165, 1.54) is 0 Å². The largest absolute Gasteiger partial charge is 0.336 e. The highest BCUT2D eigenvalue weighted by atomic mass is 16.2. The van der Waals surface area contributed by atoms with Gasteiger partial charge in [-0.2, -0.15) is 5.10 Å². The Morgan fingerprint density at radius 2 is 1.95 bits per heavy atom. The number of benzene rings is 1. The van der Waals surface area contributed by atoms with E-state index in [1.54, 1.807) is 0 Å². The molecule has 0 spiro atoms. The summed E-state index contributed by atoms with van der Waals surface area (Å²) in [5.74, 6) is 0. The van der Waals surface area contributed by atoms with E-state index in [1.807, 2.05) is 54.9 Å². The standard InChI is InChI=1S/C15H20N4O/c1-12-10-13(2)19(18-12)9-8-16-15(20)17-11-14-6-4-3-5-7-14/h3-7,10H,8-9,11H2,1-2H3,(H2,16,17,20). The van der Waals surface area contributed by atoms with Crippen LogP contribution >= 0.6 is 0 Å². The molecular weight excluding hydrogens is 252 g/mol. The number of rotatable bonds is 5. The number of hydrogen-bond acceptors (Lipinski definition) is 2. The summed E-state index contributed by atoms with van der Waals surface area (Å²) in [6, 6.07) is 11.7. The molecule has 0 aliphatic rings. The van der Waals surface area contributed by atoms with Gasteiger partial charge in [-0.05, 0) is 25.5 Å². The molecule has 0 aliphatic heterocycles. The lowest BCUT2D eigenvalue weighted by atomic mass is 10.2. The molecular formula is C15H20N4O. The first kappa shape index (κ1) is 14.1. The molecule has 5 heteroatoms. The summed E-state index contributed by atoms with van der Waals surface area (Å²) in [4.78, 5) is 11.6. The molecule has 106 valence electrons. The Morgan fingerprint density at radius 1 is 1.20 bits per heavy atom. The van der Waals surface area contributed by atoms with Crippen molar-refractivity contribution >= 4 is 6.03 Å². The molecule has 1 aromatic carbocycles. The zero-order valence-corrected chi connectivity index (χ0v) is 11.9. The third-order valence-corrected chi connectivity index (χ3v) is 3.01. The number of carbonyl (C=O) groups excluding carboxylic acids is 1. The van der Waals surface area contributed by atoms with Crippen LogP contribution in [0.15, 0.2) is 36.4 Å². The molecule has 0 radical (unpaired) electrons. The normalized spacial score (nSPS) is 10.3. The van der Waals surface area contributed by atoms with Gasteiger partial charge in [0.05, 0.1) is 12.2 Å². The van der Waals surface area contributed by atoms with Gasteiger partial charge in [0.2, 0.25) is 0 Å². The van der Waals surface area contributed by atoms with Crippen LogP contribution in [-0.2, 0) is 13.1 Å². The van der Waals surface area contributed by atoms with E-state index in [-0.39, 0.29) is 6.03 Å². The molecule has 0 unspecified atom stereocenters. The molecule has 1 aromatic heterocycles. The minimum absolute atomic E-state index is 0.157. The van der Waals surface area contributed by atoms with Crippen LogP contribution in [0, 0.1) is 13.8 Å². The zero-order chi connectivity index (χ0) is 14.4. The monoisotopic (exact) mass is 272 g/mol. The van der Waals surface area contributed by atoms with Crippen molar-refractivity contribution in [3.8, 4) is 0 Å². The lowest BCUT2D eigenvalue weighted by Gasteiger charge is -2.08. The Bertz CT molecular complexity index is 563. The molecule has 2 amide bonds. The van der Waals surface area contributed by atoms with E-state index in [4.69, 9.17) is 0 Å². The van der Waals surface area contributed by atoms with E-state index in [9.17, 15) is 4.79 Å². The van der Waals surface area contributed by atoms with Crippen LogP contribution < -0.4 is 10.6 Å². The summed E-state index contributed by atoms with van der Waals surface area (Å²) in [5.41, 5.74) is 3.19. The Kier molecular flexibility index (Phi) is 4.76. The average Bonchev–Trinajstić information content (AvgIpc) is 2.76. The molecule has 5 nitrogen and oxygen atoms in total. The predicted molar refractivity (Wildman–Crippen MR) is 78.4 cm³/mol. The number of aromatic nitrogens is 2. The molecule has 1 heterocycles. The quantitative estimate of drug-likeness (QED) is 0.874. The fraction of sp³-hybridized carbons (Fsp3) is 0.333. The van der Waals surface area contributed by atoms with Gasteiger partial charge in [0.25, 0.3) is 0 Å². The topological polar surface area (TPSA) is 59.0 Å². The van der Waals surface area contributed by atoms with Crippen molar-refractivity contribution in [2.75, 3.05) is 6.54 Å². The SMILES string of the molecule is Cc1cc(C)n(CCNC(=O)NCc2ccccc2)n1. The Balaban J connectivity index is 1.69. The van der Waals surface area contributed by atoms with Crippen molar-refractivity contribution in [3.63, 3.8) is 0 Å². The van der Waals surface area contributed by atoms with Gasteiger partial charge < -0.3 is 10.6 Å². The van der Waals surface area contributed by atoms with E-state index in [0.29, 0.717) is 19.6 Å². The first-order chi connectivity index (χ1) is 9.65. The predicted octanol–water partition coefficient (Wildman–Crippen LogP) is 2.00. The first-order valence-electron chi connectivity index (χ1n) is 6.72. The van der Waals surface area contributed by atoms with Gasteiger partial charge in [-0.1, -0.05) is 30.3 Å². The molecule has 0 bridgehead atoms. The van der Waals surface area contributed by atoms with Crippen LogP contribution in [0.3, 0.4) is 0 Å². The fourth-order valence-electron chi connectivity index (χ4n) is 2.02. The van der Waals surface area contributed by atoms with Gasteiger partial charge in [-0.3, -0.25) is 4.68 Å². The van der Waals surface area contributed by atoms with Crippen LogP contribution in [0.1, 0.15) is 17.0 Å².